The van der Waals surface area contributed by atoms with Gasteiger partial charge in [0.05, 0.1) is 0 Å². The van der Waals surface area contributed by atoms with E-state index < -0.39 is 0 Å². The summed E-state index contributed by atoms with van der Waals surface area (Å²) in [7, 11) is 0. The van der Waals surface area contributed by atoms with Gasteiger partial charge in [0, 0.05) is 5.56 Å². The van der Waals surface area contributed by atoms with E-state index in [1.165, 1.54) is 0 Å². The zero-order valence-corrected chi connectivity index (χ0v) is 7.23. The molecule has 0 aliphatic carbocycles. The Labute approximate surface area is 76.8 Å². The maximum Gasteiger partial charge on any atom is 0.150 e. The van der Waals surface area contributed by atoms with Crippen LogP contribution in [-0.2, 0) is 0 Å². The van der Waals surface area contributed by atoms with Gasteiger partial charge in [-0.1, -0.05) is 42.5 Å². The van der Waals surface area contributed by atoms with Crippen molar-refractivity contribution in [2.75, 3.05) is 0 Å². The third-order valence-corrected chi connectivity index (χ3v) is 1.95. The van der Waals surface area contributed by atoms with Crippen molar-refractivity contribution in [2.24, 2.45) is 0 Å². The van der Waals surface area contributed by atoms with E-state index in [0.29, 0.717) is 0 Å². The van der Waals surface area contributed by atoms with Crippen LogP contribution in [0.5, 0.6) is 0 Å². The molecule has 0 spiro atoms. The van der Waals surface area contributed by atoms with Crippen molar-refractivity contribution in [3.63, 3.8) is 0 Å². The first-order valence-electron chi connectivity index (χ1n) is 3.85. The standard InChI is InChI=1S/C11H8O.H3N/c12-8-10-6-3-5-9-4-1-2-7-11(9)10;/h1-8H;1H3. The SMILES string of the molecule is N.O=Cc1cccc2ccccc12. The van der Waals surface area contributed by atoms with E-state index in [0.717, 1.165) is 22.6 Å². The van der Waals surface area contributed by atoms with Crippen molar-refractivity contribution < 1.29 is 4.79 Å². The molecule has 3 N–H and O–H groups in total. The van der Waals surface area contributed by atoms with E-state index in [9.17, 15) is 4.79 Å². The first kappa shape index (κ1) is 9.42. The van der Waals surface area contributed by atoms with Gasteiger partial charge in [0.15, 0.2) is 6.29 Å². The van der Waals surface area contributed by atoms with Gasteiger partial charge in [-0.25, -0.2) is 0 Å². The van der Waals surface area contributed by atoms with Crippen molar-refractivity contribution in [1.29, 1.82) is 0 Å². The molecule has 0 atom stereocenters. The number of aldehydes is 1. The lowest BCUT2D eigenvalue weighted by Gasteiger charge is -1.98. The smallest absolute Gasteiger partial charge is 0.150 e. The van der Waals surface area contributed by atoms with Crippen LogP contribution in [0.3, 0.4) is 0 Å². The van der Waals surface area contributed by atoms with Crippen LogP contribution in [0, 0.1) is 0 Å². The molecule has 2 rings (SSSR count). The fraction of sp³-hybridized carbons (Fsp3) is 0. The van der Waals surface area contributed by atoms with Gasteiger partial charge in [0.1, 0.15) is 0 Å². The maximum atomic E-state index is 10.6. The highest BCUT2D eigenvalue weighted by molar-refractivity contribution is 5.97. The second-order valence-electron chi connectivity index (χ2n) is 2.69. The summed E-state index contributed by atoms with van der Waals surface area (Å²) in [5.74, 6) is 0. The van der Waals surface area contributed by atoms with Crippen LogP contribution in [0.2, 0.25) is 0 Å². The minimum Gasteiger partial charge on any atom is -0.344 e. The van der Waals surface area contributed by atoms with Gasteiger partial charge in [0.25, 0.3) is 0 Å². The molecular weight excluding hydrogens is 162 g/mol. The average Bonchev–Trinajstić information content (AvgIpc) is 2.17. The van der Waals surface area contributed by atoms with Crippen LogP contribution < -0.4 is 6.15 Å². The summed E-state index contributed by atoms with van der Waals surface area (Å²) in [5.41, 5.74) is 0.758. The molecule has 0 saturated carbocycles. The summed E-state index contributed by atoms with van der Waals surface area (Å²) < 4.78 is 0. The lowest BCUT2D eigenvalue weighted by molar-refractivity contribution is 0.112. The molecule has 0 bridgehead atoms. The number of fused-ring (bicyclic) bond motifs is 1. The highest BCUT2D eigenvalue weighted by atomic mass is 16.1. The van der Waals surface area contributed by atoms with Crippen LogP contribution in [0.25, 0.3) is 10.8 Å². The lowest BCUT2D eigenvalue weighted by atomic mass is 10.1. The van der Waals surface area contributed by atoms with Gasteiger partial charge in [-0.15, -0.1) is 0 Å². The molecule has 2 nitrogen and oxygen atoms in total. The highest BCUT2D eigenvalue weighted by Crippen LogP contribution is 2.16. The predicted octanol–water partition coefficient (Wildman–Crippen LogP) is 2.81. The molecule has 0 aliphatic heterocycles. The quantitative estimate of drug-likeness (QED) is 0.674. The molecule has 0 heterocycles. The normalized spacial score (nSPS) is 9.23. The van der Waals surface area contributed by atoms with Crippen molar-refractivity contribution in [2.45, 2.75) is 0 Å². The lowest BCUT2D eigenvalue weighted by Crippen LogP contribution is -1.81. The van der Waals surface area contributed by atoms with E-state index in [4.69, 9.17) is 0 Å². The van der Waals surface area contributed by atoms with E-state index >= 15 is 0 Å². The minimum absolute atomic E-state index is 0. The molecule has 13 heavy (non-hydrogen) atoms. The summed E-state index contributed by atoms with van der Waals surface area (Å²) in [5, 5.41) is 2.14. The Morgan fingerprint density at radius 1 is 0.923 bits per heavy atom. The Kier molecular flexibility index (Phi) is 2.77. The topological polar surface area (TPSA) is 52.1 Å². The molecular formula is C11H11NO. The molecule has 0 fully saturated rings. The summed E-state index contributed by atoms with van der Waals surface area (Å²) >= 11 is 0. The number of rotatable bonds is 1. The van der Waals surface area contributed by atoms with E-state index in [-0.39, 0.29) is 6.15 Å². The summed E-state index contributed by atoms with van der Waals surface area (Å²) in [4.78, 5) is 10.6. The van der Waals surface area contributed by atoms with Crippen molar-refractivity contribution in [3.8, 4) is 0 Å². The monoisotopic (exact) mass is 173 g/mol. The van der Waals surface area contributed by atoms with Crippen LogP contribution in [0.4, 0.5) is 0 Å². The van der Waals surface area contributed by atoms with Crippen molar-refractivity contribution >= 4 is 17.1 Å². The first-order valence-corrected chi connectivity index (χ1v) is 3.85. The fourth-order valence-corrected chi connectivity index (χ4v) is 1.35. The molecule has 2 heteroatoms. The van der Waals surface area contributed by atoms with E-state index in [1.54, 1.807) is 0 Å². The molecule has 66 valence electrons. The third kappa shape index (κ3) is 1.58. The zero-order chi connectivity index (χ0) is 8.39. The van der Waals surface area contributed by atoms with Crippen molar-refractivity contribution in [3.05, 3.63) is 48.0 Å². The Bertz CT molecular complexity index is 418. The van der Waals surface area contributed by atoms with Crippen LogP contribution in [0.1, 0.15) is 10.4 Å². The first-order chi connectivity index (χ1) is 5.92. The molecule has 0 aromatic heterocycles. The van der Waals surface area contributed by atoms with Gasteiger partial charge in [-0.3, -0.25) is 4.79 Å². The van der Waals surface area contributed by atoms with E-state index in [1.807, 2.05) is 42.5 Å². The predicted molar refractivity (Wildman–Crippen MR) is 54.4 cm³/mol. The maximum absolute atomic E-state index is 10.6. The minimum atomic E-state index is 0. The molecule has 0 radical (unpaired) electrons. The van der Waals surface area contributed by atoms with Crippen molar-refractivity contribution in [1.82, 2.24) is 6.15 Å². The fourth-order valence-electron chi connectivity index (χ4n) is 1.35. The summed E-state index contributed by atoms with van der Waals surface area (Å²) in [6.45, 7) is 0. The van der Waals surface area contributed by atoms with Crippen LogP contribution in [0.15, 0.2) is 42.5 Å². The molecule has 0 saturated heterocycles. The largest absolute Gasteiger partial charge is 0.344 e. The van der Waals surface area contributed by atoms with Gasteiger partial charge in [-0.05, 0) is 10.8 Å². The second kappa shape index (κ2) is 3.83. The number of hydrogen-bond acceptors (Lipinski definition) is 2. The number of carbonyl (C=O) groups is 1. The molecule has 0 aliphatic rings. The Morgan fingerprint density at radius 3 is 2.38 bits per heavy atom. The molecule has 2 aromatic rings. The van der Waals surface area contributed by atoms with Crippen LogP contribution >= 0.6 is 0 Å². The number of carbonyl (C=O) groups excluding carboxylic acids is 1. The second-order valence-corrected chi connectivity index (χ2v) is 2.69. The van der Waals surface area contributed by atoms with Gasteiger partial charge < -0.3 is 6.15 Å². The summed E-state index contributed by atoms with van der Waals surface area (Å²) in [6, 6.07) is 13.6. The Morgan fingerprint density at radius 2 is 1.62 bits per heavy atom. The highest BCUT2D eigenvalue weighted by Gasteiger charge is 1.96. The number of benzene rings is 2. The zero-order valence-electron chi connectivity index (χ0n) is 7.23. The van der Waals surface area contributed by atoms with E-state index in [2.05, 4.69) is 0 Å². The Hall–Kier alpha value is -1.67. The number of hydrogen-bond donors (Lipinski definition) is 1. The molecule has 0 unspecified atom stereocenters. The average molecular weight is 173 g/mol. The van der Waals surface area contributed by atoms with Gasteiger partial charge in [0.2, 0.25) is 0 Å². The summed E-state index contributed by atoms with van der Waals surface area (Å²) in [6.07, 6.45) is 0.891. The Balaban J connectivity index is 0.000000845. The molecule has 2 aromatic carbocycles. The molecule has 0 amide bonds. The third-order valence-electron chi connectivity index (χ3n) is 1.95. The van der Waals surface area contributed by atoms with Crippen LogP contribution in [-0.4, -0.2) is 6.29 Å². The van der Waals surface area contributed by atoms with Gasteiger partial charge >= 0.3 is 0 Å². The van der Waals surface area contributed by atoms with Gasteiger partial charge in [-0.2, -0.15) is 0 Å².